The number of benzene rings is 2. The molecule has 5 rings (SSSR count). The molecule has 1 unspecified atom stereocenters. The number of rotatable bonds is 4. The summed E-state index contributed by atoms with van der Waals surface area (Å²) in [6.07, 6.45) is 7.45. The minimum atomic E-state index is -0.465. The van der Waals surface area contributed by atoms with E-state index in [0.717, 1.165) is 34.5 Å². The number of likely N-dealkylation sites (tertiary alicyclic amines) is 1. The number of nitrogens with zero attached hydrogens (tertiary/aromatic N) is 5. The fraction of sp³-hybridized carbons (Fsp3) is 0.227. The summed E-state index contributed by atoms with van der Waals surface area (Å²) in [6.45, 7) is 0.608. The Labute approximate surface area is 181 Å². The Bertz CT molecular complexity index is 1230. The summed E-state index contributed by atoms with van der Waals surface area (Å²) in [5, 5.41) is 12.6. The van der Waals surface area contributed by atoms with Gasteiger partial charge in [-0.15, -0.1) is 11.3 Å². The molecule has 1 aliphatic rings. The van der Waals surface area contributed by atoms with E-state index in [2.05, 4.69) is 4.98 Å². The van der Waals surface area contributed by atoms with Gasteiger partial charge in [0.2, 0.25) is 0 Å². The van der Waals surface area contributed by atoms with Gasteiger partial charge in [0.25, 0.3) is 11.6 Å². The minimum absolute atomic E-state index is 0.119. The first-order chi connectivity index (χ1) is 15.1. The van der Waals surface area contributed by atoms with Crippen molar-refractivity contribution in [2.24, 2.45) is 0 Å². The zero-order valence-electron chi connectivity index (χ0n) is 16.5. The molecule has 1 fully saturated rings. The number of nitro benzene ring substituents is 1. The molecular weight excluding hydrogens is 414 g/mol. The van der Waals surface area contributed by atoms with Crippen molar-refractivity contribution in [3.05, 3.63) is 81.9 Å². The summed E-state index contributed by atoms with van der Waals surface area (Å²) >= 11 is 1.61. The molecule has 1 atom stereocenters. The van der Waals surface area contributed by atoms with Crippen molar-refractivity contribution in [3.8, 4) is 5.69 Å². The molecule has 156 valence electrons. The van der Waals surface area contributed by atoms with Crippen LogP contribution in [0, 0.1) is 10.1 Å². The second-order valence-corrected chi connectivity index (χ2v) is 8.52. The van der Waals surface area contributed by atoms with Gasteiger partial charge in [-0.05, 0) is 43.5 Å². The summed E-state index contributed by atoms with van der Waals surface area (Å²) < 4.78 is 2.66. The van der Waals surface area contributed by atoms with Crippen molar-refractivity contribution in [2.75, 3.05) is 6.54 Å². The van der Waals surface area contributed by atoms with Crippen LogP contribution in [0.15, 0.2) is 61.2 Å². The van der Waals surface area contributed by atoms with Crippen LogP contribution in [-0.4, -0.2) is 36.8 Å². The Morgan fingerprint density at radius 2 is 2.06 bits per heavy atom. The number of nitro groups is 1. The lowest BCUT2D eigenvalue weighted by Crippen LogP contribution is -2.38. The van der Waals surface area contributed by atoms with Crippen LogP contribution in [0.4, 0.5) is 5.69 Å². The molecule has 1 aliphatic heterocycles. The van der Waals surface area contributed by atoms with Crippen LogP contribution in [0.2, 0.25) is 0 Å². The number of thiazole rings is 1. The highest BCUT2D eigenvalue weighted by atomic mass is 32.1. The SMILES string of the molecule is O=C(c1ccc(-n2ccnc2)c([N+](=O)[O-])c1)N1CCCCC1c1nc2ccccc2s1. The number of carbonyl (C=O) groups excluding carboxylic acids is 1. The van der Waals surface area contributed by atoms with Gasteiger partial charge in [0, 0.05) is 30.6 Å². The fourth-order valence-electron chi connectivity index (χ4n) is 4.05. The van der Waals surface area contributed by atoms with Crippen LogP contribution >= 0.6 is 11.3 Å². The number of aromatic nitrogens is 3. The van der Waals surface area contributed by atoms with E-state index in [1.807, 2.05) is 29.2 Å². The van der Waals surface area contributed by atoms with Crippen LogP contribution in [0.5, 0.6) is 0 Å². The van der Waals surface area contributed by atoms with E-state index in [4.69, 9.17) is 4.98 Å². The van der Waals surface area contributed by atoms with E-state index in [-0.39, 0.29) is 17.6 Å². The zero-order valence-corrected chi connectivity index (χ0v) is 17.4. The normalized spacial score (nSPS) is 16.5. The Balaban J connectivity index is 1.50. The quantitative estimate of drug-likeness (QED) is 0.342. The van der Waals surface area contributed by atoms with Crippen LogP contribution in [0.25, 0.3) is 15.9 Å². The predicted molar refractivity (Wildman–Crippen MR) is 117 cm³/mol. The molecule has 2 aromatic heterocycles. The highest BCUT2D eigenvalue weighted by Crippen LogP contribution is 2.37. The first-order valence-corrected chi connectivity index (χ1v) is 10.9. The number of imidazole rings is 1. The second-order valence-electron chi connectivity index (χ2n) is 7.46. The van der Waals surface area contributed by atoms with Crippen molar-refractivity contribution in [1.82, 2.24) is 19.4 Å². The molecule has 0 aliphatic carbocycles. The van der Waals surface area contributed by atoms with Gasteiger partial charge in [-0.1, -0.05) is 12.1 Å². The van der Waals surface area contributed by atoms with E-state index >= 15 is 0 Å². The lowest BCUT2D eigenvalue weighted by atomic mass is 10.0. The molecule has 4 aromatic rings. The minimum Gasteiger partial charge on any atom is -0.329 e. The zero-order chi connectivity index (χ0) is 21.4. The third-order valence-electron chi connectivity index (χ3n) is 5.56. The maximum absolute atomic E-state index is 13.4. The average Bonchev–Trinajstić information content (AvgIpc) is 3.48. The number of carbonyl (C=O) groups is 1. The molecule has 3 heterocycles. The van der Waals surface area contributed by atoms with E-state index < -0.39 is 4.92 Å². The first kappa shape index (κ1) is 19.4. The largest absolute Gasteiger partial charge is 0.329 e. The van der Waals surface area contributed by atoms with Crippen LogP contribution in [0.1, 0.15) is 40.7 Å². The van der Waals surface area contributed by atoms with Gasteiger partial charge < -0.3 is 9.47 Å². The van der Waals surface area contributed by atoms with Crippen molar-refractivity contribution in [2.45, 2.75) is 25.3 Å². The van der Waals surface area contributed by atoms with Gasteiger partial charge in [-0.3, -0.25) is 14.9 Å². The fourth-order valence-corrected chi connectivity index (χ4v) is 5.17. The van der Waals surface area contributed by atoms with Gasteiger partial charge in [-0.2, -0.15) is 0 Å². The highest BCUT2D eigenvalue weighted by Gasteiger charge is 2.32. The molecule has 8 nitrogen and oxygen atoms in total. The van der Waals surface area contributed by atoms with E-state index in [9.17, 15) is 14.9 Å². The van der Waals surface area contributed by atoms with Gasteiger partial charge >= 0.3 is 0 Å². The number of piperidine rings is 1. The molecule has 0 saturated carbocycles. The standard InChI is InChI=1S/C22H19N5O3S/c28-22(15-8-9-17(19(13-15)27(29)30)25-12-10-23-14-25)26-11-4-3-6-18(26)21-24-16-5-1-2-7-20(16)31-21/h1-2,5,7-10,12-14,18H,3-4,6,11H2. The van der Waals surface area contributed by atoms with Crippen molar-refractivity contribution in [1.29, 1.82) is 0 Å². The Kier molecular flexibility index (Phi) is 4.95. The van der Waals surface area contributed by atoms with E-state index in [1.165, 1.54) is 12.4 Å². The Hall–Kier alpha value is -3.59. The van der Waals surface area contributed by atoms with Crippen molar-refractivity contribution < 1.29 is 9.72 Å². The van der Waals surface area contributed by atoms with E-state index in [1.54, 1.807) is 40.4 Å². The van der Waals surface area contributed by atoms with E-state index in [0.29, 0.717) is 17.8 Å². The number of amides is 1. The third-order valence-corrected chi connectivity index (χ3v) is 6.70. The number of para-hydroxylation sites is 1. The molecule has 31 heavy (non-hydrogen) atoms. The number of hydrogen-bond donors (Lipinski definition) is 0. The Morgan fingerprint density at radius 1 is 1.19 bits per heavy atom. The summed E-state index contributed by atoms with van der Waals surface area (Å²) in [7, 11) is 0. The molecule has 9 heteroatoms. The van der Waals surface area contributed by atoms with Gasteiger partial charge in [0.05, 0.1) is 27.5 Å². The van der Waals surface area contributed by atoms with Crippen molar-refractivity contribution >= 4 is 33.1 Å². The number of fused-ring (bicyclic) bond motifs is 1. The molecule has 0 bridgehead atoms. The molecule has 1 saturated heterocycles. The Morgan fingerprint density at radius 3 is 2.84 bits per heavy atom. The summed E-state index contributed by atoms with van der Waals surface area (Å²) in [6, 6.07) is 12.4. The van der Waals surface area contributed by atoms with Crippen molar-refractivity contribution in [3.63, 3.8) is 0 Å². The number of hydrogen-bond acceptors (Lipinski definition) is 6. The first-order valence-electron chi connectivity index (χ1n) is 10.0. The predicted octanol–water partition coefficient (Wildman–Crippen LogP) is 4.76. The van der Waals surface area contributed by atoms with Gasteiger partial charge in [0.1, 0.15) is 10.7 Å². The maximum Gasteiger partial charge on any atom is 0.294 e. The molecule has 0 radical (unpaired) electrons. The smallest absolute Gasteiger partial charge is 0.294 e. The van der Waals surface area contributed by atoms with Gasteiger partial charge in [0.15, 0.2) is 0 Å². The van der Waals surface area contributed by atoms with Crippen LogP contribution < -0.4 is 0 Å². The second kappa shape index (κ2) is 7.92. The maximum atomic E-state index is 13.4. The summed E-state index contributed by atoms with van der Waals surface area (Å²) in [5.41, 5.74) is 1.49. The summed E-state index contributed by atoms with van der Waals surface area (Å²) in [5.74, 6) is -0.204. The molecule has 0 N–H and O–H groups in total. The molecule has 1 amide bonds. The molecule has 0 spiro atoms. The van der Waals surface area contributed by atoms with Crippen LogP contribution in [-0.2, 0) is 0 Å². The molecule has 2 aromatic carbocycles. The highest BCUT2D eigenvalue weighted by molar-refractivity contribution is 7.18. The lowest BCUT2D eigenvalue weighted by Gasteiger charge is -2.34. The topological polar surface area (TPSA) is 94.2 Å². The van der Waals surface area contributed by atoms with Gasteiger partial charge in [-0.25, -0.2) is 9.97 Å². The monoisotopic (exact) mass is 433 g/mol. The third kappa shape index (κ3) is 3.57. The summed E-state index contributed by atoms with van der Waals surface area (Å²) in [4.78, 5) is 35.2. The van der Waals surface area contributed by atoms with Crippen LogP contribution in [0.3, 0.4) is 0 Å². The lowest BCUT2D eigenvalue weighted by molar-refractivity contribution is -0.384. The molecular formula is C22H19N5O3S. The average molecular weight is 433 g/mol.